The second kappa shape index (κ2) is 4.61. The number of nitrogens with zero attached hydrogens (tertiary/aromatic N) is 2. The highest BCUT2D eigenvalue weighted by molar-refractivity contribution is 14.1. The summed E-state index contributed by atoms with van der Waals surface area (Å²) in [6.07, 6.45) is -1.38. The fourth-order valence-electron chi connectivity index (χ4n) is 1.08. The summed E-state index contributed by atoms with van der Waals surface area (Å²) in [6.45, 7) is -0.105. The van der Waals surface area contributed by atoms with Crippen LogP contribution in [0.1, 0.15) is 23.2 Å². The Morgan fingerprint density at radius 2 is 2.29 bits per heavy atom. The van der Waals surface area contributed by atoms with Crippen LogP contribution in [0.4, 0.5) is 8.78 Å². The highest BCUT2D eigenvalue weighted by Crippen LogP contribution is 2.28. The third-order valence-corrected chi connectivity index (χ3v) is 2.56. The molecule has 0 unspecified atom stereocenters. The molecule has 0 radical (unpaired) electrons. The number of nitrogens with two attached hydrogens (primary N) is 1. The van der Waals surface area contributed by atoms with Gasteiger partial charge in [0.25, 0.3) is 6.43 Å². The van der Waals surface area contributed by atoms with Crippen molar-refractivity contribution >= 4 is 22.6 Å². The summed E-state index contributed by atoms with van der Waals surface area (Å²) >= 11 is 1.75. The van der Waals surface area contributed by atoms with E-state index in [0.717, 1.165) is 0 Å². The zero-order chi connectivity index (χ0) is 10.7. The molecule has 0 fully saturated rings. The number of hydrogen-bond donors (Lipinski definition) is 1. The Morgan fingerprint density at radius 1 is 1.64 bits per heavy atom. The molecule has 1 aromatic rings. The highest BCUT2D eigenvalue weighted by Gasteiger charge is 2.19. The standard InChI is InChI=1S/C8H6F2IN3/c9-8(10)7-4(1-12)6(2-13)14-3-5(7)11/h3,8H,1,12H2. The Hall–Kier alpha value is -0.810. The van der Waals surface area contributed by atoms with Gasteiger partial charge in [-0.05, 0) is 22.6 Å². The zero-order valence-electron chi connectivity index (χ0n) is 6.97. The molecule has 6 heteroatoms. The van der Waals surface area contributed by atoms with Gasteiger partial charge in [-0.1, -0.05) is 0 Å². The van der Waals surface area contributed by atoms with Gasteiger partial charge in [-0.3, -0.25) is 0 Å². The maximum atomic E-state index is 12.6. The molecule has 2 N–H and O–H groups in total. The smallest absolute Gasteiger partial charge is 0.265 e. The van der Waals surface area contributed by atoms with E-state index in [-0.39, 0.29) is 23.4 Å². The van der Waals surface area contributed by atoms with Crippen molar-refractivity contribution in [3.05, 3.63) is 26.6 Å². The number of pyridine rings is 1. The average Bonchev–Trinajstić information content (AvgIpc) is 2.16. The molecule has 14 heavy (non-hydrogen) atoms. The van der Waals surface area contributed by atoms with Gasteiger partial charge in [0.05, 0.1) is 0 Å². The van der Waals surface area contributed by atoms with Crippen LogP contribution in [0.3, 0.4) is 0 Å². The van der Waals surface area contributed by atoms with E-state index in [4.69, 9.17) is 11.0 Å². The molecule has 0 aliphatic heterocycles. The third kappa shape index (κ3) is 1.99. The summed E-state index contributed by atoms with van der Waals surface area (Å²) in [5, 5.41) is 8.63. The van der Waals surface area contributed by atoms with E-state index in [0.29, 0.717) is 3.57 Å². The van der Waals surface area contributed by atoms with Crippen molar-refractivity contribution in [1.82, 2.24) is 4.98 Å². The predicted molar refractivity (Wildman–Crippen MR) is 54.5 cm³/mol. The molecule has 0 atom stereocenters. The van der Waals surface area contributed by atoms with Crippen molar-refractivity contribution in [2.45, 2.75) is 13.0 Å². The lowest BCUT2D eigenvalue weighted by atomic mass is 10.1. The zero-order valence-corrected chi connectivity index (χ0v) is 9.12. The Balaban J connectivity index is 3.45. The lowest BCUT2D eigenvalue weighted by Gasteiger charge is -2.09. The summed E-state index contributed by atoms with van der Waals surface area (Å²) in [5.41, 5.74) is 5.23. The van der Waals surface area contributed by atoms with E-state index in [1.54, 1.807) is 28.7 Å². The van der Waals surface area contributed by atoms with Crippen molar-refractivity contribution < 1.29 is 8.78 Å². The van der Waals surface area contributed by atoms with Crippen molar-refractivity contribution in [3.8, 4) is 6.07 Å². The van der Waals surface area contributed by atoms with Crippen molar-refractivity contribution in [1.29, 1.82) is 5.26 Å². The topological polar surface area (TPSA) is 62.7 Å². The average molecular weight is 309 g/mol. The van der Waals surface area contributed by atoms with Crippen LogP contribution in [0.2, 0.25) is 0 Å². The highest BCUT2D eigenvalue weighted by atomic mass is 127. The first-order valence-electron chi connectivity index (χ1n) is 3.67. The fourth-order valence-corrected chi connectivity index (χ4v) is 1.78. The second-order valence-electron chi connectivity index (χ2n) is 2.46. The normalized spacial score (nSPS) is 10.3. The van der Waals surface area contributed by atoms with Gasteiger partial charge in [0.1, 0.15) is 11.8 Å². The van der Waals surface area contributed by atoms with E-state index in [1.165, 1.54) is 6.20 Å². The van der Waals surface area contributed by atoms with Gasteiger partial charge in [-0.25, -0.2) is 13.8 Å². The molecule has 0 aliphatic rings. The van der Waals surface area contributed by atoms with Gasteiger partial charge < -0.3 is 5.73 Å². The molecule has 0 aromatic carbocycles. The number of halogens is 3. The minimum absolute atomic E-state index is 0.0248. The lowest BCUT2D eigenvalue weighted by molar-refractivity contribution is 0.149. The maximum Gasteiger partial charge on any atom is 0.265 e. The molecule has 0 spiro atoms. The van der Waals surface area contributed by atoms with E-state index in [1.807, 2.05) is 0 Å². The van der Waals surface area contributed by atoms with Crippen LogP contribution >= 0.6 is 22.6 Å². The molecule has 0 aliphatic carbocycles. The fraction of sp³-hybridized carbons (Fsp3) is 0.250. The predicted octanol–water partition coefficient (Wildman–Crippen LogP) is 1.95. The third-order valence-electron chi connectivity index (χ3n) is 1.70. The largest absolute Gasteiger partial charge is 0.326 e. The Bertz CT molecular complexity index is 387. The van der Waals surface area contributed by atoms with Crippen LogP contribution in [0.15, 0.2) is 6.20 Å². The molecule has 74 valence electrons. The summed E-state index contributed by atoms with van der Waals surface area (Å²) in [6, 6.07) is 1.74. The molecule has 0 bridgehead atoms. The lowest BCUT2D eigenvalue weighted by Crippen LogP contribution is -2.08. The van der Waals surface area contributed by atoms with Gasteiger partial charge in [0.15, 0.2) is 0 Å². The number of nitriles is 1. The molecule has 3 nitrogen and oxygen atoms in total. The SMILES string of the molecule is N#Cc1ncc(I)c(C(F)F)c1CN. The van der Waals surface area contributed by atoms with Gasteiger partial charge in [-0.2, -0.15) is 5.26 Å². The van der Waals surface area contributed by atoms with Crippen LogP contribution in [0.5, 0.6) is 0 Å². The van der Waals surface area contributed by atoms with E-state index >= 15 is 0 Å². The van der Waals surface area contributed by atoms with Gasteiger partial charge >= 0.3 is 0 Å². The molecule has 0 saturated carbocycles. The van der Waals surface area contributed by atoms with Gasteiger partial charge in [0.2, 0.25) is 0 Å². The van der Waals surface area contributed by atoms with Crippen LogP contribution in [0.25, 0.3) is 0 Å². The minimum atomic E-state index is -2.63. The number of alkyl halides is 2. The first-order valence-corrected chi connectivity index (χ1v) is 4.75. The Labute approximate surface area is 93.1 Å². The maximum absolute atomic E-state index is 12.6. The summed E-state index contributed by atoms with van der Waals surface area (Å²) in [5.74, 6) is 0. The monoisotopic (exact) mass is 309 g/mol. The van der Waals surface area contributed by atoms with Crippen molar-refractivity contribution in [3.63, 3.8) is 0 Å². The van der Waals surface area contributed by atoms with E-state index in [9.17, 15) is 8.78 Å². The van der Waals surface area contributed by atoms with Gasteiger partial charge in [0, 0.05) is 27.4 Å². The molecule has 0 amide bonds. The first-order chi connectivity index (χ1) is 6.61. The van der Waals surface area contributed by atoms with Crippen LogP contribution < -0.4 is 5.73 Å². The summed E-state index contributed by atoms with van der Waals surface area (Å²) in [7, 11) is 0. The second-order valence-corrected chi connectivity index (χ2v) is 3.63. The summed E-state index contributed by atoms with van der Waals surface area (Å²) in [4.78, 5) is 3.73. The Morgan fingerprint density at radius 3 is 2.71 bits per heavy atom. The first kappa shape index (κ1) is 11.3. The molecular formula is C8H6F2IN3. The van der Waals surface area contributed by atoms with Crippen molar-refractivity contribution in [2.75, 3.05) is 0 Å². The molecular weight excluding hydrogens is 303 g/mol. The van der Waals surface area contributed by atoms with Crippen LogP contribution in [-0.2, 0) is 6.54 Å². The number of rotatable bonds is 2. The quantitative estimate of drug-likeness (QED) is 0.849. The molecule has 1 aromatic heterocycles. The van der Waals surface area contributed by atoms with Crippen molar-refractivity contribution in [2.24, 2.45) is 5.73 Å². The number of hydrogen-bond acceptors (Lipinski definition) is 3. The van der Waals surface area contributed by atoms with Crippen LogP contribution in [0, 0.1) is 14.9 Å². The van der Waals surface area contributed by atoms with Gasteiger partial charge in [-0.15, -0.1) is 0 Å². The molecule has 1 rings (SSSR count). The minimum Gasteiger partial charge on any atom is -0.326 e. The van der Waals surface area contributed by atoms with E-state index in [2.05, 4.69) is 4.98 Å². The van der Waals surface area contributed by atoms with Crippen LogP contribution in [-0.4, -0.2) is 4.98 Å². The number of aromatic nitrogens is 1. The molecule has 0 saturated heterocycles. The Kier molecular flexibility index (Phi) is 3.71. The molecule has 1 heterocycles. The van der Waals surface area contributed by atoms with E-state index < -0.39 is 6.43 Å². The summed E-state index contributed by atoms with van der Waals surface area (Å²) < 4.78 is 25.5.